The quantitative estimate of drug-likeness (QED) is 0.379. The number of nitrogens with zero attached hydrogens (tertiary/aromatic N) is 1. The van der Waals surface area contributed by atoms with Gasteiger partial charge in [-0.05, 0) is 17.2 Å². The van der Waals surface area contributed by atoms with Crippen LogP contribution in [0.3, 0.4) is 0 Å². The molecule has 0 amide bonds. The van der Waals surface area contributed by atoms with E-state index in [2.05, 4.69) is 17.2 Å². The summed E-state index contributed by atoms with van der Waals surface area (Å²) in [4.78, 5) is 0. The van der Waals surface area contributed by atoms with Gasteiger partial charge in [0.25, 0.3) is 0 Å². The summed E-state index contributed by atoms with van der Waals surface area (Å²) in [5.74, 6) is 0. The van der Waals surface area contributed by atoms with Crippen LogP contribution in [0, 0.1) is 16.7 Å². The topological polar surface area (TPSA) is 23.8 Å². The maximum atomic E-state index is 8.45. The van der Waals surface area contributed by atoms with E-state index in [1.807, 2.05) is 26.8 Å². The molecule has 0 bridgehead atoms. The molecule has 2 heteroatoms. The van der Waals surface area contributed by atoms with Gasteiger partial charge in [-0.1, -0.05) is 20.8 Å². The molecule has 0 unspecified atom stereocenters. The third kappa shape index (κ3) is 2.41. The molecule has 0 aromatic rings. The zero-order valence-corrected chi connectivity index (χ0v) is 6.67. The van der Waals surface area contributed by atoms with Crippen molar-refractivity contribution in [3.05, 3.63) is 5.57 Å². The average Bonchev–Trinajstić information content (AvgIpc) is 1.65. The van der Waals surface area contributed by atoms with E-state index in [0.29, 0.717) is 5.57 Å². The third-order valence-corrected chi connectivity index (χ3v) is 1.17. The van der Waals surface area contributed by atoms with E-state index in [-0.39, 0.29) is 5.41 Å². The van der Waals surface area contributed by atoms with Crippen molar-refractivity contribution in [2.24, 2.45) is 5.41 Å². The highest BCUT2D eigenvalue weighted by atomic mass is 32.1. The van der Waals surface area contributed by atoms with Gasteiger partial charge in [0, 0.05) is 5.41 Å². The number of hydrogen-bond donors (Lipinski definition) is 0. The molecule has 0 heterocycles. The van der Waals surface area contributed by atoms with Crippen LogP contribution >= 0.6 is 12.2 Å². The number of nitriles is 1. The Kier molecular flexibility index (Phi) is 2.58. The van der Waals surface area contributed by atoms with Gasteiger partial charge < -0.3 is 0 Å². The first-order chi connectivity index (χ1) is 4.02. The molecule has 0 spiro atoms. The molecule has 0 aliphatic carbocycles. The molecular weight excluding hydrogens is 130 g/mol. The molecule has 0 saturated heterocycles. The zero-order valence-electron chi connectivity index (χ0n) is 5.86. The second kappa shape index (κ2) is 2.77. The molecule has 48 valence electrons. The molecule has 0 aliphatic rings. The molecule has 0 saturated carbocycles. The highest BCUT2D eigenvalue weighted by Crippen LogP contribution is 2.21. The van der Waals surface area contributed by atoms with E-state index >= 15 is 0 Å². The molecule has 0 N–H and O–H groups in total. The van der Waals surface area contributed by atoms with Crippen LogP contribution in [0.4, 0.5) is 0 Å². The lowest BCUT2D eigenvalue weighted by molar-refractivity contribution is 0.526. The number of thiocarbonyl (C=S) groups is 1. The predicted octanol–water partition coefficient (Wildman–Crippen LogP) is 2.08. The highest BCUT2D eigenvalue weighted by molar-refractivity contribution is 7.78. The molecule has 0 fully saturated rings. The monoisotopic (exact) mass is 139 g/mol. The Labute approximate surface area is 61.0 Å². The van der Waals surface area contributed by atoms with Gasteiger partial charge in [-0.3, -0.25) is 0 Å². The minimum absolute atomic E-state index is 0.142. The van der Waals surface area contributed by atoms with Crippen molar-refractivity contribution >= 4 is 17.2 Å². The Morgan fingerprint density at radius 3 is 1.89 bits per heavy atom. The maximum Gasteiger partial charge on any atom is 0.105 e. The second-order valence-corrected chi connectivity index (χ2v) is 3.04. The van der Waals surface area contributed by atoms with Crippen molar-refractivity contribution in [1.82, 2.24) is 0 Å². The first kappa shape index (κ1) is 8.36. The lowest BCUT2D eigenvalue weighted by Gasteiger charge is -2.13. The molecule has 0 aliphatic heterocycles. The molecular formula is C7H9NS. The summed E-state index contributed by atoms with van der Waals surface area (Å²) in [7, 11) is 0. The normalized spacial score (nSPS) is 9.56. The predicted molar refractivity (Wildman–Crippen MR) is 41.2 cm³/mol. The van der Waals surface area contributed by atoms with Crippen molar-refractivity contribution in [2.45, 2.75) is 20.8 Å². The first-order valence-corrected chi connectivity index (χ1v) is 3.09. The molecule has 1 nitrogen and oxygen atoms in total. The Bertz CT molecular complexity index is 186. The van der Waals surface area contributed by atoms with Crippen LogP contribution in [0.1, 0.15) is 20.8 Å². The minimum Gasteiger partial charge on any atom is -0.192 e. The third-order valence-electron chi connectivity index (χ3n) is 0.964. The Balaban J connectivity index is 4.60. The summed E-state index contributed by atoms with van der Waals surface area (Å²) >= 11 is 4.51. The first-order valence-electron chi connectivity index (χ1n) is 2.68. The van der Waals surface area contributed by atoms with Crippen molar-refractivity contribution in [3.63, 3.8) is 0 Å². The van der Waals surface area contributed by atoms with Gasteiger partial charge in [-0.2, -0.15) is 5.26 Å². The summed E-state index contributed by atoms with van der Waals surface area (Å²) in [5.41, 5.74) is 0.397. The van der Waals surface area contributed by atoms with Crippen LogP contribution < -0.4 is 0 Å². The number of hydrogen-bond acceptors (Lipinski definition) is 2. The van der Waals surface area contributed by atoms with Crippen molar-refractivity contribution in [2.75, 3.05) is 0 Å². The highest BCUT2D eigenvalue weighted by Gasteiger charge is 2.15. The molecule has 0 aromatic heterocycles. The fraction of sp³-hybridized carbons (Fsp3) is 0.571. The SMILES string of the molecule is CC(C)(C)C(=C=S)C#N. The van der Waals surface area contributed by atoms with Gasteiger partial charge in [-0.25, -0.2) is 0 Å². The van der Waals surface area contributed by atoms with Crippen LogP contribution in [0.2, 0.25) is 0 Å². The van der Waals surface area contributed by atoms with Gasteiger partial charge in [0.05, 0.1) is 5.57 Å². The van der Waals surface area contributed by atoms with Crippen LogP contribution in [-0.2, 0) is 0 Å². The van der Waals surface area contributed by atoms with Gasteiger partial charge in [0.15, 0.2) is 0 Å². The maximum absolute atomic E-state index is 8.45. The summed E-state index contributed by atoms with van der Waals surface area (Å²) in [6, 6.07) is 1.99. The fourth-order valence-corrected chi connectivity index (χ4v) is 0.695. The zero-order chi connectivity index (χ0) is 7.49. The molecule has 0 radical (unpaired) electrons. The Morgan fingerprint density at radius 2 is 1.89 bits per heavy atom. The standard InChI is InChI=1S/C7H9NS/c1-7(2,3)6(4-8)5-9/h1-3H3. The van der Waals surface area contributed by atoms with Crippen molar-refractivity contribution < 1.29 is 0 Å². The van der Waals surface area contributed by atoms with Crippen LogP contribution in [0.25, 0.3) is 0 Å². The molecule has 0 atom stereocenters. The fourth-order valence-electron chi connectivity index (χ4n) is 0.344. The van der Waals surface area contributed by atoms with Gasteiger partial charge in [-0.15, -0.1) is 0 Å². The largest absolute Gasteiger partial charge is 0.192 e. The van der Waals surface area contributed by atoms with E-state index in [4.69, 9.17) is 5.26 Å². The minimum atomic E-state index is -0.142. The van der Waals surface area contributed by atoms with Gasteiger partial charge >= 0.3 is 0 Å². The van der Waals surface area contributed by atoms with Crippen LogP contribution in [0.15, 0.2) is 5.57 Å². The average molecular weight is 139 g/mol. The molecule has 0 aromatic carbocycles. The van der Waals surface area contributed by atoms with Crippen LogP contribution in [0.5, 0.6) is 0 Å². The smallest absolute Gasteiger partial charge is 0.105 e. The van der Waals surface area contributed by atoms with Gasteiger partial charge in [0.1, 0.15) is 6.07 Å². The number of allylic oxidation sites excluding steroid dienone is 1. The second-order valence-electron chi connectivity index (χ2n) is 2.84. The van der Waals surface area contributed by atoms with E-state index in [1.54, 1.807) is 0 Å². The molecule has 9 heavy (non-hydrogen) atoms. The molecule has 0 rings (SSSR count). The van der Waals surface area contributed by atoms with Crippen molar-refractivity contribution in [1.29, 1.82) is 5.26 Å². The summed E-state index contributed by atoms with van der Waals surface area (Å²) < 4.78 is 0. The van der Waals surface area contributed by atoms with E-state index in [1.165, 1.54) is 0 Å². The van der Waals surface area contributed by atoms with Gasteiger partial charge in [0.2, 0.25) is 0 Å². The van der Waals surface area contributed by atoms with Crippen molar-refractivity contribution in [3.8, 4) is 6.07 Å². The summed E-state index contributed by atoms with van der Waals surface area (Å²) in [5, 5.41) is 10.9. The number of rotatable bonds is 0. The lowest BCUT2D eigenvalue weighted by atomic mass is 9.89. The summed E-state index contributed by atoms with van der Waals surface area (Å²) in [6.45, 7) is 5.81. The Morgan fingerprint density at radius 1 is 1.44 bits per heavy atom. The summed E-state index contributed by atoms with van der Waals surface area (Å²) in [6.07, 6.45) is 0. The lowest BCUT2D eigenvalue weighted by Crippen LogP contribution is -2.07. The Hall–Kier alpha value is -0.640. The van der Waals surface area contributed by atoms with Crippen LogP contribution in [-0.4, -0.2) is 5.02 Å². The van der Waals surface area contributed by atoms with E-state index in [0.717, 1.165) is 0 Å². The van der Waals surface area contributed by atoms with E-state index < -0.39 is 0 Å². The van der Waals surface area contributed by atoms with E-state index in [9.17, 15) is 0 Å².